The lowest BCUT2D eigenvalue weighted by Crippen LogP contribution is -2.65. The van der Waals surface area contributed by atoms with E-state index in [1.807, 2.05) is 6.92 Å². The normalized spacial score (nSPS) is 14.9. The molecule has 0 saturated carbocycles. The Balaban J connectivity index is 2.93. The summed E-state index contributed by atoms with van der Waals surface area (Å²) in [5, 5.41) is 7.00. The summed E-state index contributed by atoms with van der Waals surface area (Å²) in [6.45, 7) is 13.6. The molecule has 0 saturated heterocycles. The SMILES string of the molecule is CCCN(C)C(C)(CC)C(C)(C)NC(=O)c1cc(CC)on1. The molecule has 1 amide bonds. The van der Waals surface area contributed by atoms with E-state index in [0.29, 0.717) is 5.69 Å². The molecule has 5 heteroatoms. The van der Waals surface area contributed by atoms with Crippen LogP contribution in [0.3, 0.4) is 0 Å². The zero-order chi connectivity index (χ0) is 17.0. The van der Waals surface area contributed by atoms with Crippen LogP contribution in [-0.2, 0) is 6.42 Å². The summed E-state index contributed by atoms with van der Waals surface area (Å²) in [5.74, 6) is 0.544. The summed E-state index contributed by atoms with van der Waals surface area (Å²) in [6.07, 6.45) is 2.75. The number of hydrogen-bond donors (Lipinski definition) is 1. The molecule has 0 aliphatic rings. The fraction of sp³-hybridized carbons (Fsp3) is 0.765. The number of likely N-dealkylation sites (N-methyl/N-ethyl adjacent to an activating group) is 1. The summed E-state index contributed by atoms with van der Waals surface area (Å²) >= 11 is 0. The van der Waals surface area contributed by atoms with Gasteiger partial charge in [-0.2, -0.15) is 0 Å². The Kier molecular flexibility index (Phi) is 6.17. The average molecular weight is 309 g/mol. The predicted molar refractivity (Wildman–Crippen MR) is 89.0 cm³/mol. The minimum absolute atomic E-state index is 0.143. The molecule has 1 aromatic rings. The van der Waals surface area contributed by atoms with Crippen LogP contribution in [0.4, 0.5) is 0 Å². The number of carbonyl (C=O) groups is 1. The van der Waals surface area contributed by atoms with Crippen molar-refractivity contribution in [1.29, 1.82) is 0 Å². The molecule has 0 fully saturated rings. The third-order valence-corrected chi connectivity index (χ3v) is 5.00. The summed E-state index contributed by atoms with van der Waals surface area (Å²) < 4.78 is 5.13. The van der Waals surface area contributed by atoms with Crippen molar-refractivity contribution in [2.24, 2.45) is 0 Å². The first kappa shape index (κ1) is 18.7. The number of aryl methyl sites for hydroxylation is 1. The van der Waals surface area contributed by atoms with Gasteiger partial charge in [-0.1, -0.05) is 25.9 Å². The molecule has 22 heavy (non-hydrogen) atoms. The summed E-state index contributed by atoms with van der Waals surface area (Å²) in [5.41, 5.74) is -0.189. The van der Waals surface area contributed by atoms with Gasteiger partial charge in [-0.3, -0.25) is 9.69 Å². The molecule has 0 aromatic carbocycles. The van der Waals surface area contributed by atoms with Crippen LogP contribution >= 0.6 is 0 Å². The Labute approximate surface area is 134 Å². The smallest absolute Gasteiger partial charge is 0.273 e. The molecule has 1 N–H and O–H groups in total. The quantitative estimate of drug-likeness (QED) is 0.801. The second-order valence-electron chi connectivity index (χ2n) is 6.66. The van der Waals surface area contributed by atoms with E-state index in [2.05, 4.69) is 57.0 Å². The molecule has 1 unspecified atom stereocenters. The van der Waals surface area contributed by atoms with Gasteiger partial charge in [0, 0.05) is 18.0 Å². The van der Waals surface area contributed by atoms with Crippen molar-refractivity contribution in [2.75, 3.05) is 13.6 Å². The lowest BCUT2D eigenvalue weighted by molar-refractivity contribution is 0.0375. The van der Waals surface area contributed by atoms with Crippen LogP contribution in [0, 0.1) is 0 Å². The Bertz CT molecular complexity index is 496. The molecular formula is C17H31N3O2. The molecular weight excluding hydrogens is 278 g/mol. The van der Waals surface area contributed by atoms with Crippen molar-refractivity contribution in [2.45, 2.75) is 71.9 Å². The maximum Gasteiger partial charge on any atom is 0.273 e. The molecule has 0 aliphatic carbocycles. The van der Waals surface area contributed by atoms with Crippen LogP contribution in [0.15, 0.2) is 10.6 Å². The third-order valence-electron chi connectivity index (χ3n) is 5.00. The monoisotopic (exact) mass is 309 g/mol. The highest BCUT2D eigenvalue weighted by molar-refractivity contribution is 5.92. The van der Waals surface area contributed by atoms with Crippen LogP contribution < -0.4 is 5.32 Å². The van der Waals surface area contributed by atoms with Gasteiger partial charge in [0.15, 0.2) is 5.69 Å². The van der Waals surface area contributed by atoms with Gasteiger partial charge >= 0.3 is 0 Å². The number of carbonyl (C=O) groups excluding carboxylic acids is 1. The minimum Gasteiger partial charge on any atom is -0.361 e. The highest BCUT2D eigenvalue weighted by Gasteiger charge is 2.43. The predicted octanol–water partition coefficient (Wildman–Crippen LogP) is 3.26. The highest BCUT2D eigenvalue weighted by Crippen LogP contribution is 2.31. The summed E-state index contributed by atoms with van der Waals surface area (Å²) in [4.78, 5) is 14.8. The van der Waals surface area contributed by atoms with Crippen molar-refractivity contribution >= 4 is 5.91 Å². The lowest BCUT2D eigenvalue weighted by Gasteiger charge is -2.50. The molecule has 0 spiro atoms. The van der Waals surface area contributed by atoms with E-state index in [1.165, 1.54) is 0 Å². The van der Waals surface area contributed by atoms with E-state index < -0.39 is 5.54 Å². The van der Waals surface area contributed by atoms with Crippen molar-refractivity contribution in [3.63, 3.8) is 0 Å². The van der Waals surface area contributed by atoms with E-state index in [4.69, 9.17) is 4.52 Å². The molecule has 1 rings (SSSR count). The largest absolute Gasteiger partial charge is 0.361 e. The van der Waals surface area contributed by atoms with E-state index in [0.717, 1.165) is 31.6 Å². The van der Waals surface area contributed by atoms with Crippen molar-refractivity contribution < 1.29 is 9.32 Å². The third kappa shape index (κ3) is 3.69. The van der Waals surface area contributed by atoms with Crippen LogP contribution in [0.1, 0.15) is 70.6 Å². The Morgan fingerprint density at radius 2 is 1.95 bits per heavy atom. The molecule has 1 atom stereocenters. The zero-order valence-electron chi connectivity index (χ0n) is 15.1. The van der Waals surface area contributed by atoms with Gasteiger partial charge < -0.3 is 9.84 Å². The fourth-order valence-electron chi connectivity index (χ4n) is 2.84. The van der Waals surface area contributed by atoms with E-state index in [1.54, 1.807) is 6.07 Å². The minimum atomic E-state index is -0.395. The molecule has 0 bridgehead atoms. The zero-order valence-corrected chi connectivity index (χ0v) is 15.1. The maximum atomic E-state index is 12.5. The first-order chi connectivity index (χ1) is 10.2. The second kappa shape index (κ2) is 7.27. The van der Waals surface area contributed by atoms with Gasteiger partial charge in [-0.25, -0.2) is 0 Å². The first-order valence-electron chi connectivity index (χ1n) is 8.21. The lowest BCUT2D eigenvalue weighted by atomic mass is 9.77. The Hall–Kier alpha value is -1.36. The van der Waals surface area contributed by atoms with Gasteiger partial charge in [0.25, 0.3) is 5.91 Å². The van der Waals surface area contributed by atoms with E-state index in [-0.39, 0.29) is 11.4 Å². The van der Waals surface area contributed by atoms with Crippen molar-refractivity contribution in [1.82, 2.24) is 15.4 Å². The summed E-state index contributed by atoms with van der Waals surface area (Å²) in [6, 6.07) is 1.71. The van der Waals surface area contributed by atoms with Gasteiger partial charge in [0.2, 0.25) is 0 Å². The average Bonchev–Trinajstić information content (AvgIpc) is 2.95. The first-order valence-corrected chi connectivity index (χ1v) is 8.21. The van der Waals surface area contributed by atoms with Gasteiger partial charge in [-0.15, -0.1) is 0 Å². The number of amides is 1. The molecule has 0 radical (unpaired) electrons. The number of hydrogen-bond acceptors (Lipinski definition) is 4. The standard InChI is InChI=1S/C17H31N3O2/c1-8-11-20(7)17(6,10-3)16(4,5)18-15(21)14-12-13(9-2)22-19-14/h12H,8-11H2,1-7H3,(H,18,21). The molecule has 126 valence electrons. The molecule has 0 aliphatic heterocycles. The summed E-state index contributed by atoms with van der Waals surface area (Å²) in [7, 11) is 2.12. The van der Waals surface area contributed by atoms with Crippen LogP contribution in [0.5, 0.6) is 0 Å². The number of rotatable bonds is 8. The number of aromatic nitrogens is 1. The number of nitrogens with one attached hydrogen (secondary N) is 1. The van der Waals surface area contributed by atoms with Crippen LogP contribution in [0.25, 0.3) is 0 Å². The van der Waals surface area contributed by atoms with Crippen molar-refractivity contribution in [3.05, 3.63) is 17.5 Å². The van der Waals surface area contributed by atoms with Crippen LogP contribution in [0.2, 0.25) is 0 Å². The van der Waals surface area contributed by atoms with Gasteiger partial charge in [0.05, 0.1) is 5.54 Å². The second-order valence-corrected chi connectivity index (χ2v) is 6.66. The Morgan fingerprint density at radius 1 is 1.32 bits per heavy atom. The van der Waals surface area contributed by atoms with Crippen molar-refractivity contribution in [3.8, 4) is 0 Å². The van der Waals surface area contributed by atoms with Crippen LogP contribution in [-0.4, -0.2) is 40.6 Å². The number of nitrogens with zero attached hydrogens (tertiary/aromatic N) is 2. The highest BCUT2D eigenvalue weighted by atomic mass is 16.5. The maximum absolute atomic E-state index is 12.5. The molecule has 1 aromatic heterocycles. The molecule has 5 nitrogen and oxygen atoms in total. The molecule has 1 heterocycles. The Morgan fingerprint density at radius 3 is 2.41 bits per heavy atom. The topological polar surface area (TPSA) is 58.4 Å². The fourth-order valence-corrected chi connectivity index (χ4v) is 2.84. The van der Waals surface area contributed by atoms with Gasteiger partial charge in [0.1, 0.15) is 5.76 Å². The van der Waals surface area contributed by atoms with Gasteiger partial charge in [-0.05, 0) is 47.2 Å². The van der Waals surface area contributed by atoms with E-state index >= 15 is 0 Å². The van der Waals surface area contributed by atoms with E-state index in [9.17, 15) is 4.79 Å².